The van der Waals surface area contributed by atoms with Crippen LogP contribution in [0.3, 0.4) is 0 Å². The lowest BCUT2D eigenvalue weighted by Gasteiger charge is -2.16. The number of para-hydroxylation sites is 1. The van der Waals surface area contributed by atoms with E-state index in [1.807, 2.05) is 12.1 Å². The Labute approximate surface area is 109 Å². The number of rotatable bonds is 5. The van der Waals surface area contributed by atoms with Crippen LogP contribution in [-0.2, 0) is 4.79 Å². The minimum absolute atomic E-state index is 0.129. The van der Waals surface area contributed by atoms with Crippen LogP contribution in [-0.4, -0.2) is 35.0 Å². The molecule has 1 amide bonds. The van der Waals surface area contributed by atoms with Gasteiger partial charge in [0.1, 0.15) is 12.1 Å². The molecule has 0 aliphatic rings. The summed E-state index contributed by atoms with van der Waals surface area (Å²) in [5.74, 6) is -1.41. The molecule has 1 aromatic carbocycles. The maximum absolute atomic E-state index is 12.2. The first kappa shape index (κ1) is 12.9. The molecular formula is C14H13NO4. The molecule has 0 saturated carbocycles. The number of hydrogen-bond acceptors (Lipinski definition) is 3. The van der Waals surface area contributed by atoms with E-state index in [2.05, 4.69) is 6.58 Å². The van der Waals surface area contributed by atoms with E-state index < -0.39 is 11.9 Å². The van der Waals surface area contributed by atoms with Crippen LogP contribution in [0.2, 0.25) is 0 Å². The number of carboxylic acids is 1. The average molecular weight is 259 g/mol. The average Bonchev–Trinajstić information content (AvgIpc) is 2.80. The highest BCUT2D eigenvalue weighted by Gasteiger charge is 2.20. The van der Waals surface area contributed by atoms with Crippen LogP contribution in [0, 0.1) is 0 Å². The minimum atomic E-state index is -1.08. The van der Waals surface area contributed by atoms with Crippen molar-refractivity contribution in [3.63, 3.8) is 0 Å². The summed E-state index contributed by atoms with van der Waals surface area (Å²) in [6, 6.07) is 8.82. The number of hydrogen-bond donors (Lipinski definition) is 1. The summed E-state index contributed by atoms with van der Waals surface area (Å²) < 4.78 is 5.42. The molecule has 2 rings (SSSR count). The molecule has 0 radical (unpaired) electrons. The zero-order valence-corrected chi connectivity index (χ0v) is 10.2. The number of carboxylic acid groups (broad SMARTS) is 1. The van der Waals surface area contributed by atoms with Gasteiger partial charge in [0, 0.05) is 11.9 Å². The Morgan fingerprint density at radius 2 is 2.11 bits per heavy atom. The second-order valence-electron chi connectivity index (χ2n) is 4.02. The number of carbonyl (C=O) groups excluding carboxylic acids is 1. The summed E-state index contributed by atoms with van der Waals surface area (Å²) >= 11 is 0. The van der Waals surface area contributed by atoms with Gasteiger partial charge in [-0.15, -0.1) is 6.58 Å². The van der Waals surface area contributed by atoms with Gasteiger partial charge in [0.15, 0.2) is 5.76 Å². The maximum Gasteiger partial charge on any atom is 0.323 e. The van der Waals surface area contributed by atoms with Gasteiger partial charge in [0.25, 0.3) is 5.91 Å². The van der Waals surface area contributed by atoms with Gasteiger partial charge in [-0.05, 0) is 12.1 Å². The number of fused-ring (bicyclic) bond motifs is 1. The largest absolute Gasteiger partial charge is 0.480 e. The van der Waals surface area contributed by atoms with Gasteiger partial charge < -0.3 is 14.4 Å². The third kappa shape index (κ3) is 2.82. The number of benzene rings is 1. The Morgan fingerprint density at radius 3 is 2.74 bits per heavy atom. The van der Waals surface area contributed by atoms with E-state index in [1.54, 1.807) is 18.2 Å². The summed E-state index contributed by atoms with van der Waals surface area (Å²) in [4.78, 5) is 24.1. The monoisotopic (exact) mass is 259 g/mol. The first-order chi connectivity index (χ1) is 9.11. The van der Waals surface area contributed by atoms with Crippen LogP contribution < -0.4 is 0 Å². The van der Waals surface area contributed by atoms with Crippen LogP contribution in [0.25, 0.3) is 11.0 Å². The predicted octanol–water partition coefficient (Wildman–Crippen LogP) is 2.15. The van der Waals surface area contributed by atoms with Gasteiger partial charge in [-0.3, -0.25) is 9.59 Å². The van der Waals surface area contributed by atoms with Gasteiger partial charge in [-0.2, -0.15) is 0 Å². The molecule has 0 fully saturated rings. The Morgan fingerprint density at radius 1 is 1.37 bits per heavy atom. The SMILES string of the molecule is C=CCN(CC(=O)O)C(=O)c1cc2ccccc2o1. The summed E-state index contributed by atoms with van der Waals surface area (Å²) in [6.45, 7) is 3.28. The number of amides is 1. The molecule has 0 bridgehead atoms. The van der Waals surface area contributed by atoms with E-state index in [0.717, 1.165) is 10.3 Å². The standard InChI is InChI=1S/C14H13NO4/c1-2-7-15(9-13(16)17)14(18)12-8-10-5-3-4-6-11(10)19-12/h2-6,8H,1,7,9H2,(H,16,17). The van der Waals surface area contributed by atoms with Gasteiger partial charge in [0.2, 0.25) is 0 Å². The molecule has 98 valence electrons. The zero-order valence-electron chi connectivity index (χ0n) is 10.2. The molecule has 0 atom stereocenters. The third-order valence-electron chi connectivity index (χ3n) is 2.60. The second-order valence-corrected chi connectivity index (χ2v) is 4.02. The van der Waals surface area contributed by atoms with Gasteiger partial charge in [-0.1, -0.05) is 24.3 Å². The van der Waals surface area contributed by atoms with Crippen molar-refractivity contribution in [2.75, 3.05) is 13.1 Å². The number of aliphatic carboxylic acids is 1. The quantitative estimate of drug-likeness (QED) is 0.835. The summed E-state index contributed by atoms with van der Waals surface area (Å²) in [5.41, 5.74) is 0.597. The fraction of sp³-hybridized carbons (Fsp3) is 0.143. The van der Waals surface area contributed by atoms with Crippen molar-refractivity contribution in [1.82, 2.24) is 4.90 Å². The smallest absolute Gasteiger partial charge is 0.323 e. The first-order valence-electron chi connectivity index (χ1n) is 5.72. The molecule has 19 heavy (non-hydrogen) atoms. The topological polar surface area (TPSA) is 70.8 Å². The van der Waals surface area contributed by atoms with Crippen molar-refractivity contribution in [1.29, 1.82) is 0 Å². The van der Waals surface area contributed by atoms with Crippen molar-refractivity contribution < 1.29 is 19.1 Å². The Balaban J connectivity index is 2.29. The van der Waals surface area contributed by atoms with Gasteiger partial charge in [-0.25, -0.2) is 0 Å². The predicted molar refractivity (Wildman–Crippen MR) is 70.0 cm³/mol. The molecule has 1 N–H and O–H groups in total. The Bertz CT molecular complexity index is 596. The molecule has 2 aromatic rings. The lowest BCUT2D eigenvalue weighted by Crippen LogP contribution is -2.35. The van der Waals surface area contributed by atoms with E-state index in [4.69, 9.17) is 9.52 Å². The van der Waals surface area contributed by atoms with Gasteiger partial charge in [0.05, 0.1) is 0 Å². The van der Waals surface area contributed by atoms with Crippen molar-refractivity contribution >= 4 is 22.8 Å². The molecule has 1 aromatic heterocycles. The summed E-state index contributed by atoms with van der Waals surface area (Å²) in [6.07, 6.45) is 1.48. The first-order valence-corrected chi connectivity index (χ1v) is 5.72. The van der Waals surface area contributed by atoms with Crippen molar-refractivity contribution in [2.24, 2.45) is 0 Å². The molecule has 5 heteroatoms. The number of furan rings is 1. The maximum atomic E-state index is 12.2. The minimum Gasteiger partial charge on any atom is -0.480 e. The molecule has 0 unspecified atom stereocenters. The molecule has 0 aliphatic heterocycles. The van der Waals surface area contributed by atoms with E-state index in [0.29, 0.717) is 5.58 Å². The number of nitrogens with zero attached hydrogens (tertiary/aromatic N) is 1. The zero-order chi connectivity index (χ0) is 13.8. The highest BCUT2D eigenvalue weighted by atomic mass is 16.4. The lowest BCUT2D eigenvalue weighted by molar-refractivity contribution is -0.137. The Hall–Kier alpha value is -2.56. The normalized spacial score (nSPS) is 10.3. The Kier molecular flexibility index (Phi) is 3.66. The van der Waals surface area contributed by atoms with Crippen LogP contribution in [0.1, 0.15) is 10.6 Å². The molecule has 5 nitrogen and oxygen atoms in total. The van der Waals surface area contributed by atoms with Crippen LogP contribution in [0.15, 0.2) is 47.4 Å². The van der Waals surface area contributed by atoms with Crippen molar-refractivity contribution in [2.45, 2.75) is 0 Å². The van der Waals surface area contributed by atoms with Crippen LogP contribution >= 0.6 is 0 Å². The fourth-order valence-corrected chi connectivity index (χ4v) is 1.78. The number of carbonyl (C=O) groups is 2. The lowest BCUT2D eigenvalue weighted by atomic mass is 10.2. The van der Waals surface area contributed by atoms with Crippen LogP contribution in [0.4, 0.5) is 0 Å². The fourth-order valence-electron chi connectivity index (χ4n) is 1.78. The molecular weight excluding hydrogens is 246 g/mol. The summed E-state index contributed by atoms with van der Waals surface area (Å²) in [5, 5.41) is 9.59. The molecule has 0 aliphatic carbocycles. The third-order valence-corrected chi connectivity index (χ3v) is 2.60. The highest BCUT2D eigenvalue weighted by molar-refractivity contribution is 5.97. The molecule has 1 heterocycles. The van der Waals surface area contributed by atoms with Gasteiger partial charge >= 0.3 is 5.97 Å². The van der Waals surface area contributed by atoms with Crippen molar-refractivity contribution in [3.8, 4) is 0 Å². The summed E-state index contributed by atoms with van der Waals surface area (Å²) in [7, 11) is 0. The second kappa shape index (κ2) is 5.39. The van der Waals surface area contributed by atoms with E-state index in [9.17, 15) is 9.59 Å². The van der Waals surface area contributed by atoms with E-state index in [-0.39, 0.29) is 18.8 Å². The van der Waals surface area contributed by atoms with E-state index in [1.165, 1.54) is 6.08 Å². The molecule has 0 spiro atoms. The molecule has 0 saturated heterocycles. The van der Waals surface area contributed by atoms with E-state index >= 15 is 0 Å². The highest BCUT2D eigenvalue weighted by Crippen LogP contribution is 2.20. The van der Waals surface area contributed by atoms with Crippen LogP contribution in [0.5, 0.6) is 0 Å². The van der Waals surface area contributed by atoms with Crippen molar-refractivity contribution in [3.05, 3.63) is 48.7 Å².